The Morgan fingerprint density at radius 2 is 1.91 bits per heavy atom. The summed E-state index contributed by atoms with van der Waals surface area (Å²) in [5.41, 5.74) is 10.1. The van der Waals surface area contributed by atoms with E-state index in [0.717, 1.165) is 50.5 Å². The molecular weight excluding hydrogens is 296 g/mol. The van der Waals surface area contributed by atoms with Gasteiger partial charge < -0.3 is 5.73 Å². The molecule has 0 atom stereocenters. The molecule has 116 valence electrons. The van der Waals surface area contributed by atoms with Gasteiger partial charge in [0.1, 0.15) is 0 Å². The molecule has 1 amide bonds. The number of rotatable bonds is 5. The highest BCUT2D eigenvalue weighted by Crippen LogP contribution is 2.12. The van der Waals surface area contributed by atoms with Crippen molar-refractivity contribution in [2.75, 3.05) is 26.2 Å². The first kappa shape index (κ1) is 15.1. The van der Waals surface area contributed by atoms with Gasteiger partial charge in [-0.2, -0.15) is 0 Å². The van der Waals surface area contributed by atoms with Crippen molar-refractivity contribution in [3.8, 4) is 0 Å². The van der Waals surface area contributed by atoms with Gasteiger partial charge >= 0.3 is 0 Å². The van der Waals surface area contributed by atoms with E-state index in [1.165, 1.54) is 0 Å². The van der Waals surface area contributed by atoms with Crippen molar-refractivity contribution in [1.82, 2.24) is 14.8 Å². The minimum absolute atomic E-state index is 0.366. The van der Waals surface area contributed by atoms with E-state index in [0.29, 0.717) is 5.56 Å². The highest BCUT2D eigenvalue weighted by Gasteiger charge is 2.17. The summed E-state index contributed by atoms with van der Waals surface area (Å²) in [5.74, 6) is -0.366. The molecule has 0 radical (unpaired) electrons. The molecule has 1 aliphatic heterocycles. The Labute approximate surface area is 134 Å². The van der Waals surface area contributed by atoms with Crippen molar-refractivity contribution in [3.63, 3.8) is 0 Å². The van der Waals surface area contributed by atoms with Crippen molar-refractivity contribution in [2.45, 2.75) is 13.1 Å². The molecule has 3 rings (SSSR count). The third kappa shape index (κ3) is 3.91. The normalized spacial score (nSPS) is 16.7. The number of nitrogens with two attached hydrogens (primary N) is 1. The van der Waals surface area contributed by atoms with Gasteiger partial charge in [-0.15, -0.1) is 11.3 Å². The van der Waals surface area contributed by atoms with Gasteiger partial charge in [-0.25, -0.2) is 4.98 Å². The van der Waals surface area contributed by atoms with E-state index in [4.69, 9.17) is 5.73 Å². The first-order valence-corrected chi connectivity index (χ1v) is 8.35. The lowest BCUT2D eigenvalue weighted by molar-refractivity contribution is 0.0999. The van der Waals surface area contributed by atoms with E-state index >= 15 is 0 Å². The Bertz CT molecular complexity index is 621. The molecule has 1 fully saturated rings. The van der Waals surface area contributed by atoms with Gasteiger partial charge in [0.05, 0.1) is 11.2 Å². The quantitative estimate of drug-likeness (QED) is 0.909. The SMILES string of the molecule is NC(=O)c1cccc(CN2CCN(Cc3cscn3)CC2)c1. The standard InChI is InChI=1S/C16H20N4OS/c17-16(21)14-3-1-2-13(8-14)9-19-4-6-20(7-5-19)10-15-11-22-12-18-15/h1-3,8,11-12H,4-7,9-10H2,(H2,17,21). The molecule has 1 aromatic heterocycles. The molecular formula is C16H20N4OS. The van der Waals surface area contributed by atoms with Crippen LogP contribution in [0.3, 0.4) is 0 Å². The Morgan fingerprint density at radius 1 is 1.18 bits per heavy atom. The summed E-state index contributed by atoms with van der Waals surface area (Å²) >= 11 is 1.65. The van der Waals surface area contributed by atoms with E-state index in [9.17, 15) is 4.79 Å². The molecule has 0 saturated carbocycles. The van der Waals surface area contributed by atoms with Crippen LogP contribution in [0.25, 0.3) is 0 Å². The van der Waals surface area contributed by atoms with Crippen LogP contribution in [-0.4, -0.2) is 46.9 Å². The van der Waals surface area contributed by atoms with Crippen molar-refractivity contribution in [3.05, 3.63) is 52.0 Å². The van der Waals surface area contributed by atoms with Crippen LogP contribution in [0.5, 0.6) is 0 Å². The monoisotopic (exact) mass is 316 g/mol. The van der Waals surface area contributed by atoms with Gasteiger partial charge in [0.25, 0.3) is 0 Å². The van der Waals surface area contributed by atoms with Crippen LogP contribution in [-0.2, 0) is 13.1 Å². The highest BCUT2D eigenvalue weighted by atomic mass is 32.1. The smallest absolute Gasteiger partial charge is 0.248 e. The molecule has 1 saturated heterocycles. The Hall–Kier alpha value is -1.76. The molecule has 0 bridgehead atoms. The zero-order valence-corrected chi connectivity index (χ0v) is 13.3. The van der Waals surface area contributed by atoms with Crippen molar-refractivity contribution < 1.29 is 4.79 Å². The lowest BCUT2D eigenvalue weighted by atomic mass is 10.1. The Kier molecular flexibility index (Phi) is 4.82. The molecule has 22 heavy (non-hydrogen) atoms. The average molecular weight is 316 g/mol. The van der Waals surface area contributed by atoms with Crippen LogP contribution < -0.4 is 5.73 Å². The molecule has 1 aromatic carbocycles. The lowest BCUT2D eigenvalue weighted by Crippen LogP contribution is -2.45. The Balaban J connectivity index is 1.51. The van der Waals surface area contributed by atoms with Gasteiger partial charge in [-0.05, 0) is 17.7 Å². The predicted octanol–water partition coefficient (Wildman–Crippen LogP) is 1.56. The number of hydrogen-bond acceptors (Lipinski definition) is 5. The molecule has 1 aliphatic rings. The number of hydrogen-bond donors (Lipinski definition) is 1. The van der Waals surface area contributed by atoms with Gasteiger partial charge in [0.2, 0.25) is 5.91 Å². The first-order chi connectivity index (χ1) is 10.7. The van der Waals surface area contributed by atoms with E-state index in [1.807, 2.05) is 23.7 Å². The fourth-order valence-corrected chi connectivity index (χ4v) is 3.28. The minimum Gasteiger partial charge on any atom is -0.366 e. The number of nitrogens with zero attached hydrogens (tertiary/aromatic N) is 3. The number of carbonyl (C=O) groups excluding carboxylic acids is 1. The molecule has 2 heterocycles. The molecule has 6 heteroatoms. The van der Waals surface area contributed by atoms with Crippen molar-refractivity contribution in [1.29, 1.82) is 0 Å². The van der Waals surface area contributed by atoms with Gasteiger partial charge in [0, 0.05) is 50.2 Å². The number of carbonyl (C=O) groups is 1. The van der Waals surface area contributed by atoms with Gasteiger partial charge in [0.15, 0.2) is 0 Å². The summed E-state index contributed by atoms with van der Waals surface area (Å²) in [6.45, 7) is 5.97. The minimum atomic E-state index is -0.366. The maximum atomic E-state index is 11.2. The molecule has 0 spiro atoms. The second-order valence-corrected chi connectivity index (χ2v) is 6.32. The number of benzene rings is 1. The second kappa shape index (κ2) is 7.00. The fourth-order valence-electron chi connectivity index (χ4n) is 2.73. The van der Waals surface area contributed by atoms with Gasteiger partial charge in [-0.1, -0.05) is 12.1 Å². The number of thiazole rings is 1. The topological polar surface area (TPSA) is 62.5 Å². The van der Waals surface area contributed by atoms with Crippen LogP contribution in [0, 0.1) is 0 Å². The number of aromatic nitrogens is 1. The van der Waals surface area contributed by atoms with E-state index in [1.54, 1.807) is 17.4 Å². The van der Waals surface area contributed by atoms with Gasteiger partial charge in [-0.3, -0.25) is 14.6 Å². The number of piperazine rings is 1. The molecule has 0 unspecified atom stereocenters. The van der Waals surface area contributed by atoms with E-state index < -0.39 is 0 Å². The van der Waals surface area contributed by atoms with Crippen LogP contribution in [0.15, 0.2) is 35.2 Å². The molecule has 5 nitrogen and oxygen atoms in total. The van der Waals surface area contributed by atoms with Crippen molar-refractivity contribution in [2.24, 2.45) is 5.73 Å². The van der Waals surface area contributed by atoms with E-state index in [-0.39, 0.29) is 5.91 Å². The molecule has 2 aromatic rings. The third-order valence-corrected chi connectivity index (χ3v) is 4.59. The average Bonchev–Trinajstić information content (AvgIpc) is 3.02. The fraction of sp³-hybridized carbons (Fsp3) is 0.375. The summed E-state index contributed by atoms with van der Waals surface area (Å²) in [6.07, 6.45) is 0. The summed E-state index contributed by atoms with van der Waals surface area (Å²) < 4.78 is 0. The largest absolute Gasteiger partial charge is 0.366 e. The number of primary amides is 1. The predicted molar refractivity (Wildman–Crippen MR) is 87.6 cm³/mol. The van der Waals surface area contributed by atoms with E-state index in [2.05, 4.69) is 20.2 Å². The molecule has 2 N–H and O–H groups in total. The Morgan fingerprint density at radius 3 is 2.55 bits per heavy atom. The van der Waals surface area contributed by atoms with Crippen molar-refractivity contribution >= 4 is 17.2 Å². The molecule has 0 aliphatic carbocycles. The zero-order valence-electron chi connectivity index (χ0n) is 12.4. The lowest BCUT2D eigenvalue weighted by Gasteiger charge is -2.34. The number of amides is 1. The van der Waals surface area contributed by atoms with Crippen LogP contribution >= 0.6 is 11.3 Å². The van der Waals surface area contributed by atoms with Crippen LogP contribution in [0.4, 0.5) is 0 Å². The first-order valence-electron chi connectivity index (χ1n) is 7.41. The maximum Gasteiger partial charge on any atom is 0.248 e. The van der Waals surface area contributed by atoms with Crippen LogP contribution in [0.1, 0.15) is 21.6 Å². The summed E-state index contributed by atoms with van der Waals surface area (Å²) in [7, 11) is 0. The second-order valence-electron chi connectivity index (χ2n) is 5.60. The third-order valence-electron chi connectivity index (χ3n) is 3.95. The highest BCUT2D eigenvalue weighted by molar-refractivity contribution is 7.07. The van der Waals surface area contributed by atoms with Crippen LogP contribution in [0.2, 0.25) is 0 Å². The maximum absolute atomic E-state index is 11.2. The summed E-state index contributed by atoms with van der Waals surface area (Å²) in [4.78, 5) is 20.4. The summed E-state index contributed by atoms with van der Waals surface area (Å²) in [5, 5.41) is 2.11. The zero-order chi connectivity index (χ0) is 15.4. The summed E-state index contributed by atoms with van der Waals surface area (Å²) in [6, 6.07) is 7.60.